The fourth-order valence-electron chi connectivity index (χ4n) is 3.29. The summed E-state index contributed by atoms with van der Waals surface area (Å²) in [5, 5.41) is 4.26. The number of fused-ring (bicyclic) bond motifs is 1. The van der Waals surface area contributed by atoms with E-state index >= 15 is 0 Å². The summed E-state index contributed by atoms with van der Waals surface area (Å²) in [7, 11) is 1.91. The quantitative estimate of drug-likeness (QED) is 0.745. The lowest BCUT2D eigenvalue weighted by Crippen LogP contribution is -2.20. The molecular formula is C17H21N5O. The van der Waals surface area contributed by atoms with E-state index in [4.69, 9.17) is 4.74 Å². The molecule has 0 N–H and O–H groups in total. The molecule has 1 fully saturated rings. The molecule has 6 nitrogen and oxygen atoms in total. The van der Waals surface area contributed by atoms with Crippen LogP contribution in [0.5, 0.6) is 5.88 Å². The molecule has 120 valence electrons. The molecule has 1 aliphatic rings. The molecule has 1 aliphatic carbocycles. The third-order valence-electron chi connectivity index (χ3n) is 4.41. The van der Waals surface area contributed by atoms with Crippen molar-refractivity contribution in [2.45, 2.75) is 45.1 Å². The predicted octanol–water partition coefficient (Wildman–Crippen LogP) is 3.17. The average molecular weight is 311 g/mol. The highest BCUT2D eigenvalue weighted by Crippen LogP contribution is 2.30. The molecule has 0 radical (unpaired) electrons. The molecule has 3 aromatic heterocycles. The summed E-state index contributed by atoms with van der Waals surface area (Å²) < 4.78 is 10.1. The molecule has 0 amide bonds. The molecule has 6 heteroatoms. The number of hydrogen-bond donors (Lipinski definition) is 0. The Morgan fingerprint density at radius 2 is 2.00 bits per heavy atom. The van der Waals surface area contributed by atoms with Gasteiger partial charge in [-0.1, -0.05) is 6.42 Å². The van der Waals surface area contributed by atoms with Gasteiger partial charge >= 0.3 is 0 Å². The van der Waals surface area contributed by atoms with E-state index in [1.807, 2.05) is 38.6 Å². The minimum Gasteiger partial charge on any atom is -0.473 e. The van der Waals surface area contributed by atoms with Crippen LogP contribution in [0.3, 0.4) is 0 Å². The van der Waals surface area contributed by atoms with Crippen LogP contribution in [0, 0.1) is 6.92 Å². The summed E-state index contributed by atoms with van der Waals surface area (Å²) in [6.45, 7) is 1.91. The number of aryl methyl sites for hydroxylation is 2. The van der Waals surface area contributed by atoms with Gasteiger partial charge in [-0.3, -0.25) is 4.68 Å². The van der Waals surface area contributed by atoms with Crippen LogP contribution < -0.4 is 4.74 Å². The Morgan fingerprint density at radius 3 is 2.74 bits per heavy atom. The van der Waals surface area contributed by atoms with Gasteiger partial charge in [0, 0.05) is 19.4 Å². The predicted molar refractivity (Wildman–Crippen MR) is 87.9 cm³/mol. The molecule has 1 saturated carbocycles. The molecule has 0 spiro atoms. The monoisotopic (exact) mass is 311 g/mol. The number of rotatable bonds is 3. The number of ether oxygens (including phenoxy) is 1. The van der Waals surface area contributed by atoms with Gasteiger partial charge in [-0.15, -0.1) is 0 Å². The van der Waals surface area contributed by atoms with Crippen LogP contribution in [-0.4, -0.2) is 30.4 Å². The summed E-state index contributed by atoms with van der Waals surface area (Å²) >= 11 is 0. The first-order valence-electron chi connectivity index (χ1n) is 8.22. The van der Waals surface area contributed by atoms with Gasteiger partial charge in [-0.2, -0.15) is 10.1 Å². The smallest absolute Gasteiger partial charge is 0.242 e. The molecule has 0 aromatic carbocycles. The molecular weight excluding hydrogens is 290 g/mol. The van der Waals surface area contributed by atoms with E-state index in [1.165, 1.54) is 19.3 Å². The molecule has 0 bridgehead atoms. The standard InChI is InChI=1S/C17H21N5O/c1-12-19-15-8-9-22(13-10-18-21(2)11-13)16(15)17(20-12)23-14-6-4-3-5-7-14/h8-11,14H,3-7H2,1-2H3. The number of hydrogen-bond acceptors (Lipinski definition) is 4. The van der Waals surface area contributed by atoms with Crippen LogP contribution in [0.1, 0.15) is 37.9 Å². The van der Waals surface area contributed by atoms with E-state index < -0.39 is 0 Å². The van der Waals surface area contributed by atoms with Crippen LogP contribution in [0.25, 0.3) is 16.7 Å². The Bertz CT molecular complexity index is 829. The number of aromatic nitrogens is 5. The van der Waals surface area contributed by atoms with E-state index in [0.717, 1.165) is 35.4 Å². The van der Waals surface area contributed by atoms with Crippen LogP contribution in [0.4, 0.5) is 0 Å². The van der Waals surface area contributed by atoms with Gasteiger partial charge in [-0.25, -0.2) is 4.98 Å². The van der Waals surface area contributed by atoms with Crippen molar-refractivity contribution in [2.75, 3.05) is 0 Å². The van der Waals surface area contributed by atoms with Crippen molar-refractivity contribution in [3.05, 3.63) is 30.5 Å². The van der Waals surface area contributed by atoms with Crippen molar-refractivity contribution < 1.29 is 4.74 Å². The van der Waals surface area contributed by atoms with Crippen molar-refractivity contribution in [1.29, 1.82) is 0 Å². The Balaban J connectivity index is 1.79. The fraction of sp³-hybridized carbons (Fsp3) is 0.471. The molecule has 0 unspecified atom stereocenters. The highest BCUT2D eigenvalue weighted by Gasteiger charge is 2.20. The maximum Gasteiger partial charge on any atom is 0.242 e. The van der Waals surface area contributed by atoms with Gasteiger partial charge in [-0.05, 0) is 38.7 Å². The third-order valence-corrected chi connectivity index (χ3v) is 4.41. The molecule has 3 aromatic rings. The first-order valence-corrected chi connectivity index (χ1v) is 8.22. The Morgan fingerprint density at radius 1 is 1.17 bits per heavy atom. The average Bonchev–Trinajstić information content (AvgIpc) is 3.14. The van der Waals surface area contributed by atoms with Crippen LogP contribution in [-0.2, 0) is 7.05 Å². The van der Waals surface area contributed by atoms with Crippen LogP contribution >= 0.6 is 0 Å². The zero-order chi connectivity index (χ0) is 15.8. The summed E-state index contributed by atoms with van der Waals surface area (Å²) in [6.07, 6.45) is 12.1. The lowest BCUT2D eigenvalue weighted by Gasteiger charge is -2.23. The molecule has 3 heterocycles. The van der Waals surface area contributed by atoms with Crippen molar-refractivity contribution >= 4 is 11.0 Å². The van der Waals surface area contributed by atoms with Crippen molar-refractivity contribution in [3.8, 4) is 11.6 Å². The highest BCUT2D eigenvalue weighted by atomic mass is 16.5. The van der Waals surface area contributed by atoms with Gasteiger partial charge in [0.25, 0.3) is 0 Å². The van der Waals surface area contributed by atoms with E-state index in [1.54, 1.807) is 4.68 Å². The minimum absolute atomic E-state index is 0.262. The van der Waals surface area contributed by atoms with E-state index in [0.29, 0.717) is 5.88 Å². The maximum atomic E-state index is 6.28. The summed E-state index contributed by atoms with van der Waals surface area (Å²) in [4.78, 5) is 9.12. The van der Waals surface area contributed by atoms with Gasteiger partial charge < -0.3 is 9.30 Å². The first kappa shape index (κ1) is 14.2. The second-order valence-corrected chi connectivity index (χ2v) is 6.25. The zero-order valence-electron chi connectivity index (χ0n) is 13.6. The topological polar surface area (TPSA) is 57.8 Å². The van der Waals surface area contributed by atoms with Crippen molar-refractivity contribution in [2.24, 2.45) is 7.05 Å². The molecule has 0 aliphatic heterocycles. The SMILES string of the molecule is Cc1nc(OC2CCCCC2)c2c(ccn2-c2cnn(C)c2)n1. The molecule has 23 heavy (non-hydrogen) atoms. The number of nitrogens with zero attached hydrogens (tertiary/aromatic N) is 5. The second-order valence-electron chi connectivity index (χ2n) is 6.25. The van der Waals surface area contributed by atoms with Gasteiger partial charge in [0.15, 0.2) is 0 Å². The molecule has 4 rings (SSSR count). The van der Waals surface area contributed by atoms with E-state index in [-0.39, 0.29) is 6.10 Å². The Labute approximate surface area is 135 Å². The fourth-order valence-corrected chi connectivity index (χ4v) is 3.29. The molecule has 0 atom stereocenters. The van der Waals surface area contributed by atoms with Gasteiger partial charge in [0.2, 0.25) is 5.88 Å². The van der Waals surface area contributed by atoms with Gasteiger partial charge in [0.05, 0.1) is 17.4 Å². The largest absolute Gasteiger partial charge is 0.473 e. The van der Waals surface area contributed by atoms with E-state index in [9.17, 15) is 0 Å². The third kappa shape index (κ3) is 2.69. The Kier molecular flexibility index (Phi) is 3.52. The summed E-state index contributed by atoms with van der Waals surface area (Å²) in [6, 6.07) is 2.00. The van der Waals surface area contributed by atoms with Crippen LogP contribution in [0.2, 0.25) is 0 Å². The lowest BCUT2D eigenvalue weighted by atomic mass is 9.98. The second kappa shape index (κ2) is 5.68. The lowest BCUT2D eigenvalue weighted by molar-refractivity contribution is 0.150. The van der Waals surface area contributed by atoms with Crippen LogP contribution in [0.15, 0.2) is 24.7 Å². The summed E-state index contributed by atoms with van der Waals surface area (Å²) in [5.41, 5.74) is 2.82. The Hall–Kier alpha value is -2.37. The van der Waals surface area contributed by atoms with Crippen molar-refractivity contribution in [3.63, 3.8) is 0 Å². The van der Waals surface area contributed by atoms with Crippen molar-refractivity contribution in [1.82, 2.24) is 24.3 Å². The zero-order valence-corrected chi connectivity index (χ0v) is 13.6. The first-order chi connectivity index (χ1) is 11.2. The molecule has 0 saturated heterocycles. The van der Waals surface area contributed by atoms with E-state index in [2.05, 4.69) is 19.6 Å². The summed E-state index contributed by atoms with van der Waals surface area (Å²) in [5.74, 6) is 1.43. The maximum absolute atomic E-state index is 6.28. The normalized spacial score (nSPS) is 16.1. The highest BCUT2D eigenvalue weighted by molar-refractivity contribution is 5.82. The van der Waals surface area contributed by atoms with Gasteiger partial charge in [0.1, 0.15) is 17.4 Å². The minimum atomic E-state index is 0.262.